The maximum atomic E-state index is 13.5. The Morgan fingerprint density at radius 3 is 2.61 bits per heavy atom. The van der Waals surface area contributed by atoms with E-state index < -0.39 is 36.2 Å². The molecule has 1 aromatic rings. The van der Waals surface area contributed by atoms with Crippen LogP contribution in [0.3, 0.4) is 0 Å². The summed E-state index contributed by atoms with van der Waals surface area (Å²) < 4.78 is 34.6. The number of nitrogens with one attached hydrogen (secondary N) is 1. The normalized spacial score (nSPS) is 27.9. The number of esters is 1. The molecule has 10 nitrogen and oxygen atoms in total. The lowest BCUT2D eigenvalue weighted by atomic mass is 9.98. The minimum atomic E-state index is -0.905. The highest BCUT2D eigenvalue weighted by molar-refractivity contribution is 5.98. The lowest BCUT2D eigenvalue weighted by Gasteiger charge is -2.23. The molecule has 0 aliphatic carbocycles. The minimum Gasteiger partial charge on any atom is -0.491 e. The van der Waals surface area contributed by atoms with Crippen LogP contribution in [0.4, 0.5) is 0 Å². The van der Waals surface area contributed by atoms with E-state index in [1.807, 2.05) is 13.0 Å². The van der Waals surface area contributed by atoms with E-state index in [1.165, 1.54) is 14.0 Å². The smallest absolute Gasteiger partial charge is 0.342 e. The highest BCUT2D eigenvalue weighted by Gasteiger charge is 2.43. The SMILES string of the molecule is COCOc1ccc(OCCNC(C)=O)c2c1C(=O)O[C@@H](C)[C@H](C)/C=C\C(O)[C@H]1OC(C)(C)O[C@H]1CC=C2. The number of aliphatic hydroxyl groups is 1. The van der Waals surface area contributed by atoms with Crippen molar-refractivity contribution in [3.63, 3.8) is 0 Å². The minimum absolute atomic E-state index is 0.0667. The van der Waals surface area contributed by atoms with Crippen molar-refractivity contribution in [1.82, 2.24) is 5.32 Å². The van der Waals surface area contributed by atoms with Gasteiger partial charge in [0.05, 0.1) is 12.6 Å². The van der Waals surface area contributed by atoms with E-state index in [0.29, 0.717) is 24.3 Å². The van der Waals surface area contributed by atoms with E-state index in [2.05, 4.69) is 5.32 Å². The molecule has 0 aromatic heterocycles. The third-order valence-electron chi connectivity index (χ3n) is 6.29. The average molecular weight is 534 g/mol. The van der Waals surface area contributed by atoms with E-state index in [1.54, 1.807) is 51.1 Å². The van der Waals surface area contributed by atoms with E-state index in [9.17, 15) is 14.7 Å². The molecule has 2 aliphatic rings. The molecule has 1 fully saturated rings. The van der Waals surface area contributed by atoms with Crippen LogP contribution in [0.1, 0.15) is 57.0 Å². The van der Waals surface area contributed by atoms with Gasteiger partial charge < -0.3 is 38.8 Å². The monoisotopic (exact) mass is 533 g/mol. The zero-order valence-electron chi connectivity index (χ0n) is 22.9. The Kier molecular flexibility index (Phi) is 10.3. The van der Waals surface area contributed by atoms with E-state index >= 15 is 0 Å². The van der Waals surface area contributed by atoms with Gasteiger partial charge in [-0.1, -0.05) is 31.2 Å². The molecule has 0 spiro atoms. The molecule has 2 aliphatic heterocycles. The topological polar surface area (TPSA) is 122 Å². The predicted molar refractivity (Wildman–Crippen MR) is 140 cm³/mol. The molecule has 38 heavy (non-hydrogen) atoms. The third-order valence-corrected chi connectivity index (χ3v) is 6.29. The number of aliphatic hydroxyl groups excluding tert-OH is 1. The molecule has 210 valence electrons. The van der Waals surface area contributed by atoms with Gasteiger partial charge in [0.1, 0.15) is 42.0 Å². The highest BCUT2D eigenvalue weighted by Crippen LogP contribution is 2.36. The van der Waals surface area contributed by atoms with E-state index in [4.69, 9.17) is 28.4 Å². The zero-order chi connectivity index (χ0) is 27.9. The van der Waals surface area contributed by atoms with Gasteiger partial charge in [0.15, 0.2) is 12.6 Å². The van der Waals surface area contributed by atoms with Crippen molar-refractivity contribution in [2.45, 2.75) is 71.2 Å². The molecule has 2 heterocycles. The number of benzene rings is 1. The molecule has 10 heteroatoms. The number of amides is 1. The molecule has 0 radical (unpaired) electrons. The summed E-state index contributed by atoms with van der Waals surface area (Å²) in [5.74, 6) is -1.13. The van der Waals surface area contributed by atoms with Crippen molar-refractivity contribution in [1.29, 1.82) is 0 Å². The first-order valence-electron chi connectivity index (χ1n) is 12.8. The standard InChI is InChI=1S/C28H39NO9/c1-17-10-11-21(31)26-24(37-28(4,5)38-26)9-7-8-20-22(34-15-14-29-19(3)30)12-13-23(35-16-33-6)25(20)27(32)36-18(17)2/h7-8,10-13,17-18,21,24,26,31H,9,14-16H2,1-6H3,(H,29,30)/b8-7?,11-10-/t17-,18+,21?,24+,26-/m1/s1. The number of ether oxygens (including phenoxy) is 6. The van der Waals surface area contributed by atoms with E-state index in [0.717, 1.165) is 0 Å². The van der Waals surface area contributed by atoms with Crippen molar-refractivity contribution < 1.29 is 43.1 Å². The number of rotatable bonds is 7. The highest BCUT2D eigenvalue weighted by atomic mass is 16.8. The summed E-state index contributed by atoms with van der Waals surface area (Å²) in [5, 5.41) is 13.5. The van der Waals surface area contributed by atoms with E-state index in [-0.39, 0.29) is 36.5 Å². The van der Waals surface area contributed by atoms with Crippen molar-refractivity contribution >= 4 is 18.0 Å². The number of cyclic esters (lactones) is 1. The summed E-state index contributed by atoms with van der Waals surface area (Å²) in [6, 6.07) is 3.32. The van der Waals surface area contributed by atoms with Crippen molar-refractivity contribution in [2.75, 3.05) is 27.1 Å². The number of hydrogen-bond donors (Lipinski definition) is 2. The maximum absolute atomic E-state index is 13.5. The van der Waals surface area contributed by atoms with Gasteiger partial charge >= 0.3 is 5.97 Å². The van der Waals surface area contributed by atoms with Crippen molar-refractivity contribution in [3.8, 4) is 11.5 Å². The lowest BCUT2D eigenvalue weighted by molar-refractivity contribution is -0.152. The number of carbonyl (C=O) groups excluding carboxylic acids is 2. The Balaban J connectivity index is 2.05. The molecule has 1 unspecified atom stereocenters. The van der Waals surface area contributed by atoms with Gasteiger partial charge in [-0.05, 0) is 39.3 Å². The van der Waals surface area contributed by atoms with Crippen LogP contribution in [0, 0.1) is 5.92 Å². The number of carbonyl (C=O) groups is 2. The quantitative estimate of drug-likeness (QED) is 0.235. The van der Waals surface area contributed by atoms with Gasteiger partial charge in [-0.2, -0.15) is 0 Å². The van der Waals surface area contributed by atoms with Crippen LogP contribution < -0.4 is 14.8 Å². The number of hydrogen-bond acceptors (Lipinski definition) is 9. The van der Waals surface area contributed by atoms with Gasteiger partial charge in [0.25, 0.3) is 0 Å². The lowest BCUT2D eigenvalue weighted by Crippen LogP contribution is -2.34. The molecular weight excluding hydrogens is 494 g/mol. The Morgan fingerprint density at radius 2 is 1.89 bits per heavy atom. The fraction of sp³-hybridized carbons (Fsp3) is 0.571. The molecule has 2 N–H and O–H groups in total. The van der Waals surface area contributed by atoms with Gasteiger partial charge in [0.2, 0.25) is 5.91 Å². The summed E-state index contributed by atoms with van der Waals surface area (Å²) in [7, 11) is 1.49. The van der Waals surface area contributed by atoms with Crippen LogP contribution in [0.25, 0.3) is 6.08 Å². The first-order chi connectivity index (χ1) is 18.0. The molecule has 0 bridgehead atoms. The van der Waals surface area contributed by atoms with Crippen molar-refractivity contribution in [3.05, 3.63) is 41.5 Å². The Hall–Kier alpha value is -2.92. The second kappa shape index (κ2) is 13.2. The molecule has 1 amide bonds. The van der Waals surface area contributed by atoms with Gasteiger partial charge in [-0.15, -0.1) is 0 Å². The van der Waals surface area contributed by atoms with Gasteiger partial charge in [-0.25, -0.2) is 4.79 Å². The average Bonchev–Trinajstić information content (AvgIpc) is 3.17. The fourth-order valence-corrected chi connectivity index (χ4v) is 4.26. The van der Waals surface area contributed by atoms with Gasteiger partial charge in [0, 0.05) is 25.5 Å². The van der Waals surface area contributed by atoms with Crippen LogP contribution in [0.15, 0.2) is 30.4 Å². The second-order valence-electron chi connectivity index (χ2n) is 9.85. The zero-order valence-corrected chi connectivity index (χ0v) is 22.9. The Morgan fingerprint density at radius 1 is 1.16 bits per heavy atom. The predicted octanol–water partition coefficient (Wildman–Crippen LogP) is 3.22. The van der Waals surface area contributed by atoms with Crippen LogP contribution >= 0.6 is 0 Å². The largest absolute Gasteiger partial charge is 0.491 e. The number of methoxy groups -OCH3 is 1. The number of fused-ring (bicyclic) bond motifs is 2. The summed E-state index contributed by atoms with van der Waals surface area (Å²) in [6.07, 6.45) is 5.02. The summed E-state index contributed by atoms with van der Waals surface area (Å²) in [5.41, 5.74) is 0.644. The van der Waals surface area contributed by atoms with Crippen LogP contribution in [-0.4, -0.2) is 74.2 Å². The summed E-state index contributed by atoms with van der Waals surface area (Å²) >= 11 is 0. The first-order valence-corrected chi connectivity index (χ1v) is 12.8. The Labute approximate surface area is 223 Å². The molecule has 0 saturated carbocycles. The van der Waals surface area contributed by atoms with Gasteiger partial charge in [-0.3, -0.25) is 4.79 Å². The summed E-state index contributed by atoms with van der Waals surface area (Å²) in [4.78, 5) is 24.8. The third kappa shape index (κ3) is 7.80. The molecule has 1 aromatic carbocycles. The molecule has 3 rings (SSSR count). The van der Waals surface area contributed by atoms with Crippen LogP contribution in [0.5, 0.6) is 11.5 Å². The van der Waals surface area contributed by atoms with Crippen LogP contribution in [-0.2, 0) is 23.7 Å². The van der Waals surface area contributed by atoms with Crippen molar-refractivity contribution in [2.24, 2.45) is 5.92 Å². The summed E-state index contributed by atoms with van der Waals surface area (Å²) in [6.45, 7) is 9.13. The maximum Gasteiger partial charge on any atom is 0.342 e. The molecule has 1 saturated heterocycles. The fourth-order valence-electron chi connectivity index (χ4n) is 4.26. The first kappa shape index (κ1) is 29.6. The molecule has 5 atom stereocenters. The van der Waals surface area contributed by atoms with Crippen LogP contribution in [0.2, 0.25) is 0 Å². The molecular formula is C28H39NO9. The Bertz CT molecular complexity index is 1040. The second-order valence-corrected chi connectivity index (χ2v) is 9.85.